The predicted octanol–water partition coefficient (Wildman–Crippen LogP) is 5.46. The van der Waals surface area contributed by atoms with Crippen LogP contribution in [0.2, 0.25) is 0 Å². The van der Waals surface area contributed by atoms with E-state index in [2.05, 4.69) is 81.2 Å². The Bertz CT molecular complexity index is 606. The van der Waals surface area contributed by atoms with Crippen molar-refractivity contribution in [1.29, 1.82) is 0 Å². The maximum absolute atomic E-state index is 13.0. The number of carbonyl (C=O) groups excluding carboxylic acids is 2. The smallest absolute Gasteiger partial charge is 0.312 e. The lowest BCUT2D eigenvalue weighted by Gasteiger charge is -2.53. The highest BCUT2D eigenvalue weighted by molar-refractivity contribution is 5.77. The van der Waals surface area contributed by atoms with E-state index in [9.17, 15) is 9.59 Å². The Labute approximate surface area is 185 Å². The fourth-order valence-corrected chi connectivity index (χ4v) is 4.80. The van der Waals surface area contributed by atoms with E-state index in [-0.39, 0.29) is 53.0 Å². The molecule has 0 saturated carbocycles. The lowest BCUT2D eigenvalue weighted by atomic mass is 9.61. The van der Waals surface area contributed by atoms with Crippen LogP contribution in [-0.4, -0.2) is 48.2 Å². The second kappa shape index (κ2) is 8.80. The van der Waals surface area contributed by atoms with Crippen molar-refractivity contribution >= 4 is 11.9 Å². The molecule has 5 nitrogen and oxygen atoms in total. The third-order valence-corrected chi connectivity index (χ3v) is 7.19. The number of likely N-dealkylation sites (tertiary alicyclic amines) is 1. The van der Waals surface area contributed by atoms with Crippen molar-refractivity contribution in [2.75, 3.05) is 20.3 Å². The zero-order valence-electron chi connectivity index (χ0n) is 21.7. The van der Waals surface area contributed by atoms with Gasteiger partial charge in [-0.15, -0.1) is 0 Å². The average Bonchev–Trinajstić information content (AvgIpc) is 2.52. The molecule has 1 aliphatic heterocycles. The van der Waals surface area contributed by atoms with Gasteiger partial charge in [0.2, 0.25) is 0 Å². The molecule has 0 radical (unpaired) electrons. The number of ether oxygens (including phenoxy) is 2. The minimum atomic E-state index is -0.614. The summed E-state index contributed by atoms with van der Waals surface area (Å²) in [6.07, 6.45) is 2.25. The number of nitrogens with zero attached hydrogens (tertiary/aromatic N) is 1. The van der Waals surface area contributed by atoms with E-state index in [0.29, 0.717) is 0 Å². The highest BCUT2D eigenvalue weighted by Crippen LogP contribution is 2.47. The third-order valence-electron chi connectivity index (χ3n) is 7.19. The minimum Gasteiger partial charge on any atom is -0.462 e. The first kappa shape index (κ1) is 26.9. The van der Waals surface area contributed by atoms with Gasteiger partial charge < -0.3 is 9.47 Å². The van der Waals surface area contributed by atoms with Crippen LogP contribution in [0.4, 0.5) is 0 Å². The molecule has 1 saturated heterocycles. The summed E-state index contributed by atoms with van der Waals surface area (Å²) in [4.78, 5) is 28.0. The fourth-order valence-electron chi connectivity index (χ4n) is 4.80. The number of hydrogen-bond donors (Lipinski definition) is 0. The van der Waals surface area contributed by atoms with Crippen LogP contribution < -0.4 is 0 Å². The molecule has 0 spiro atoms. The van der Waals surface area contributed by atoms with Gasteiger partial charge in [0.25, 0.3) is 0 Å². The maximum Gasteiger partial charge on any atom is 0.312 e. The van der Waals surface area contributed by atoms with Crippen molar-refractivity contribution < 1.29 is 19.1 Å². The molecule has 1 aliphatic rings. The van der Waals surface area contributed by atoms with Crippen LogP contribution in [0.15, 0.2) is 0 Å². The molecule has 0 aliphatic carbocycles. The van der Waals surface area contributed by atoms with Crippen LogP contribution in [0, 0.1) is 22.2 Å². The molecule has 1 unspecified atom stereocenters. The second-order valence-corrected chi connectivity index (χ2v) is 12.9. The Kier molecular flexibility index (Phi) is 7.90. The number of carbonyl (C=O) groups is 2. The van der Waals surface area contributed by atoms with E-state index in [4.69, 9.17) is 9.47 Å². The molecule has 5 heteroatoms. The average molecular weight is 426 g/mol. The molecule has 0 aromatic heterocycles. The second-order valence-electron chi connectivity index (χ2n) is 12.9. The first-order valence-corrected chi connectivity index (χ1v) is 11.3. The highest BCUT2D eigenvalue weighted by atomic mass is 16.6. The monoisotopic (exact) mass is 425 g/mol. The highest BCUT2D eigenvalue weighted by Gasteiger charge is 2.48. The van der Waals surface area contributed by atoms with Crippen molar-refractivity contribution in [3.05, 3.63) is 0 Å². The van der Waals surface area contributed by atoms with Gasteiger partial charge in [0.1, 0.15) is 13.2 Å². The Morgan fingerprint density at radius 2 is 1.30 bits per heavy atom. The Morgan fingerprint density at radius 1 is 0.867 bits per heavy atom. The molecule has 0 aromatic carbocycles. The summed E-state index contributed by atoms with van der Waals surface area (Å²) in [6.45, 7) is 23.5. The van der Waals surface area contributed by atoms with Crippen LogP contribution in [0.5, 0.6) is 0 Å². The molecular formula is C25H47NO4. The van der Waals surface area contributed by atoms with Gasteiger partial charge in [-0.3, -0.25) is 14.5 Å². The summed E-state index contributed by atoms with van der Waals surface area (Å²) in [7, 11) is 2.12. The zero-order valence-corrected chi connectivity index (χ0v) is 21.7. The number of piperidine rings is 1. The molecule has 0 bridgehead atoms. The van der Waals surface area contributed by atoms with Gasteiger partial charge >= 0.3 is 11.9 Å². The van der Waals surface area contributed by atoms with Gasteiger partial charge in [-0.05, 0) is 71.8 Å². The molecule has 0 amide bonds. The van der Waals surface area contributed by atoms with Crippen LogP contribution in [0.3, 0.4) is 0 Å². The number of hydrogen-bond acceptors (Lipinski definition) is 5. The molecule has 176 valence electrons. The molecule has 1 rings (SSSR count). The van der Waals surface area contributed by atoms with Gasteiger partial charge in [0.05, 0.1) is 11.3 Å². The molecule has 0 N–H and O–H groups in total. The van der Waals surface area contributed by atoms with Gasteiger partial charge in [0.15, 0.2) is 0 Å². The molecule has 30 heavy (non-hydrogen) atoms. The summed E-state index contributed by atoms with van der Waals surface area (Å²) < 4.78 is 11.1. The standard InChI is InChI=1S/C25H47NO4/c1-21(2,3)17-25(11,22(4,5)6)20(28)30-14-13-29-19(27)18-15-23(7,8)26(12)24(9,10)16-18/h18H,13-17H2,1-12H3. The first-order chi connectivity index (χ1) is 13.2. The van der Waals surface area contributed by atoms with Gasteiger partial charge in [-0.1, -0.05) is 41.5 Å². The van der Waals surface area contributed by atoms with Gasteiger partial charge in [-0.2, -0.15) is 0 Å². The quantitative estimate of drug-likeness (QED) is 0.418. The molecule has 1 heterocycles. The van der Waals surface area contributed by atoms with Crippen molar-refractivity contribution in [3.8, 4) is 0 Å². The Hall–Kier alpha value is -1.10. The minimum absolute atomic E-state index is 0.00126. The largest absolute Gasteiger partial charge is 0.462 e. The van der Waals surface area contributed by atoms with Crippen molar-refractivity contribution in [2.45, 2.75) is 107 Å². The van der Waals surface area contributed by atoms with E-state index in [1.807, 2.05) is 6.92 Å². The summed E-state index contributed by atoms with van der Waals surface area (Å²) in [6, 6.07) is 0. The molecule has 1 fully saturated rings. The predicted molar refractivity (Wildman–Crippen MR) is 122 cm³/mol. The molecule has 0 aromatic rings. The molecule has 1 atom stereocenters. The van der Waals surface area contributed by atoms with Crippen LogP contribution in [-0.2, 0) is 19.1 Å². The normalized spacial score (nSPS) is 22.3. The van der Waals surface area contributed by atoms with Gasteiger partial charge in [-0.25, -0.2) is 0 Å². The van der Waals surface area contributed by atoms with E-state index in [1.54, 1.807) is 0 Å². The van der Waals surface area contributed by atoms with Gasteiger partial charge in [0, 0.05) is 11.1 Å². The topological polar surface area (TPSA) is 55.8 Å². The van der Waals surface area contributed by atoms with E-state index in [0.717, 1.165) is 19.3 Å². The Balaban J connectivity index is 2.65. The lowest BCUT2D eigenvalue weighted by Crippen LogP contribution is -2.59. The summed E-state index contributed by atoms with van der Waals surface area (Å²) in [5.74, 6) is -0.543. The lowest BCUT2D eigenvalue weighted by molar-refractivity contribution is -0.170. The van der Waals surface area contributed by atoms with E-state index < -0.39 is 5.41 Å². The third kappa shape index (κ3) is 6.45. The number of rotatable bonds is 6. The summed E-state index contributed by atoms with van der Waals surface area (Å²) in [5.41, 5.74) is -0.989. The van der Waals surface area contributed by atoms with E-state index >= 15 is 0 Å². The van der Waals surface area contributed by atoms with Crippen molar-refractivity contribution in [1.82, 2.24) is 4.90 Å². The van der Waals surface area contributed by atoms with Crippen molar-refractivity contribution in [3.63, 3.8) is 0 Å². The molecular weight excluding hydrogens is 378 g/mol. The maximum atomic E-state index is 13.0. The fraction of sp³-hybridized carbons (Fsp3) is 0.920. The summed E-state index contributed by atoms with van der Waals surface area (Å²) in [5, 5.41) is 0. The van der Waals surface area contributed by atoms with Crippen molar-refractivity contribution in [2.24, 2.45) is 22.2 Å². The van der Waals surface area contributed by atoms with E-state index in [1.165, 1.54) is 0 Å². The number of esters is 2. The Morgan fingerprint density at radius 3 is 1.70 bits per heavy atom. The SMILES string of the molecule is CN1C(C)(C)CC(C(=O)OCCOC(=O)C(C)(CC(C)(C)C)C(C)(C)C)CC1(C)C. The zero-order chi connectivity index (χ0) is 23.8. The van der Waals surface area contributed by atoms with Crippen LogP contribution in [0.1, 0.15) is 95.4 Å². The van der Waals surface area contributed by atoms with Crippen LogP contribution in [0.25, 0.3) is 0 Å². The summed E-state index contributed by atoms with van der Waals surface area (Å²) >= 11 is 0. The van der Waals surface area contributed by atoms with Crippen LogP contribution >= 0.6 is 0 Å². The first-order valence-electron chi connectivity index (χ1n) is 11.3.